The molecule has 0 saturated carbocycles. The summed E-state index contributed by atoms with van der Waals surface area (Å²) >= 11 is 0. The molecule has 1 aromatic rings. The van der Waals surface area contributed by atoms with E-state index in [1.165, 1.54) is 16.7 Å². The second-order valence-electron chi connectivity index (χ2n) is 5.73. The Morgan fingerprint density at radius 3 is 3.04 bits per heavy atom. The van der Waals surface area contributed by atoms with Crippen LogP contribution in [0.5, 0.6) is 0 Å². The van der Waals surface area contributed by atoms with Gasteiger partial charge in [0.25, 0.3) is 0 Å². The van der Waals surface area contributed by atoms with Crippen molar-refractivity contribution in [2.24, 2.45) is 10.9 Å². The Balaban J connectivity index is 1.81. The second kappa shape index (κ2) is 9.81. The molecule has 1 aliphatic heterocycles. The van der Waals surface area contributed by atoms with Crippen LogP contribution in [0.25, 0.3) is 0 Å². The van der Waals surface area contributed by atoms with Crippen molar-refractivity contribution in [3.05, 3.63) is 35.9 Å². The number of ether oxygens (including phenoxy) is 2. The summed E-state index contributed by atoms with van der Waals surface area (Å²) in [5.74, 6) is -1.49. The van der Waals surface area contributed by atoms with Gasteiger partial charge in [-0.3, -0.25) is 9.79 Å². The van der Waals surface area contributed by atoms with Crippen molar-refractivity contribution in [1.29, 1.82) is 5.26 Å². The van der Waals surface area contributed by atoms with Crippen molar-refractivity contribution in [1.82, 2.24) is 0 Å². The molecule has 2 rings (SSSR count). The molecule has 1 fully saturated rings. The van der Waals surface area contributed by atoms with Gasteiger partial charge in [-0.25, -0.2) is 0 Å². The summed E-state index contributed by atoms with van der Waals surface area (Å²) in [6.07, 6.45) is 1.38. The van der Waals surface area contributed by atoms with Crippen molar-refractivity contribution in [2.45, 2.75) is 19.6 Å². The fourth-order valence-corrected chi connectivity index (χ4v) is 2.68. The summed E-state index contributed by atoms with van der Waals surface area (Å²) in [7, 11) is 0. The molecule has 0 aliphatic carbocycles. The van der Waals surface area contributed by atoms with Crippen LogP contribution >= 0.6 is 0 Å². The standard InChI is InChI=1S/C18H23N3O3/c1-2-23-18(22)16(10-19)11-20-12-17-14-21(8-9-24-17)13-15-6-4-3-5-7-15/h3-7,11,16-17H,2,8-9,12-14H2,1H3/p+1/t16-,17+/m0/s1. The van der Waals surface area contributed by atoms with Gasteiger partial charge in [0.2, 0.25) is 0 Å². The predicted molar refractivity (Wildman–Crippen MR) is 89.7 cm³/mol. The summed E-state index contributed by atoms with van der Waals surface area (Å²) < 4.78 is 10.6. The zero-order chi connectivity index (χ0) is 17.2. The molecule has 0 aromatic heterocycles. The lowest BCUT2D eigenvalue weighted by Gasteiger charge is -2.29. The molecule has 1 aliphatic rings. The van der Waals surface area contributed by atoms with E-state index in [1.807, 2.05) is 12.1 Å². The summed E-state index contributed by atoms with van der Waals surface area (Å²) in [4.78, 5) is 17.2. The largest absolute Gasteiger partial charge is 0.465 e. The number of benzene rings is 1. The van der Waals surface area contributed by atoms with E-state index in [1.54, 1.807) is 6.92 Å². The highest BCUT2D eigenvalue weighted by Crippen LogP contribution is 2.00. The number of carbonyl (C=O) groups excluding carboxylic acids is 1. The number of rotatable bonds is 7. The number of esters is 1. The first-order chi connectivity index (χ1) is 11.7. The quantitative estimate of drug-likeness (QED) is 0.574. The first-order valence-electron chi connectivity index (χ1n) is 8.28. The normalized spacial score (nSPS) is 22.0. The Labute approximate surface area is 142 Å². The molecule has 1 aromatic carbocycles. The summed E-state index contributed by atoms with van der Waals surface area (Å²) in [6, 6.07) is 12.3. The van der Waals surface area contributed by atoms with Crippen molar-refractivity contribution in [3.63, 3.8) is 0 Å². The molecular weight excluding hydrogens is 306 g/mol. The van der Waals surface area contributed by atoms with Crippen molar-refractivity contribution in [2.75, 3.05) is 32.8 Å². The number of hydrogen-bond donors (Lipinski definition) is 1. The molecule has 1 heterocycles. The van der Waals surface area contributed by atoms with E-state index in [0.717, 1.165) is 19.6 Å². The third kappa shape index (κ3) is 5.76. The Bertz CT molecular complexity index is 583. The summed E-state index contributed by atoms with van der Waals surface area (Å²) in [6.45, 7) is 5.92. The van der Waals surface area contributed by atoms with Crippen molar-refractivity contribution in [3.8, 4) is 6.07 Å². The molecule has 0 bridgehead atoms. The number of nitrogens with one attached hydrogen (secondary N) is 1. The molecule has 1 N–H and O–H groups in total. The van der Waals surface area contributed by atoms with Crippen molar-refractivity contribution < 1.29 is 19.2 Å². The van der Waals surface area contributed by atoms with Gasteiger partial charge in [0.15, 0.2) is 5.92 Å². The maximum atomic E-state index is 11.5. The minimum Gasteiger partial charge on any atom is -0.465 e. The molecule has 0 amide bonds. The monoisotopic (exact) mass is 330 g/mol. The van der Waals surface area contributed by atoms with E-state index in [4.69, 9.17) is 14.7 Å². The van der Waals surface area contributed by atoms with Gasteiger partial charge in [-0.1, -0.05) is 30.3 Å². The third-order valence-electron chi connectivity index (χ3n) is 3.87. The van der Waals surface area contributed by atoms with Crippen LogP contribution in [0.15, 0.2) is 35.3 Å². The molecule has 6 nitrogen and oxygen atoms in total. The first kappa shape index (κ1) is 18.1. The highest BCUT2D eigenvalue weighted by atomic mass is 16.5. The van der Waals surface area contributed by atoms with E-state index in [-0.39, 0.29) is 12.7 Å². The minimum absolute atomic E-state index is 0.00949. The highest BCUT2D eigenvalue weighted by molar-refractivity contribution is 5.92. The second-order valence-corrected chi connectivity index (χ2v) is 5.73. The molecule has 128 valence electrons. The molecule has 0 spiro atoms. The van der Waals surface area contributed by atoms with Gasteiger partial charge in [-0.15, -0.1) is 0 Å². The maximum absolute atomic E-state index is 11.5. The maximum Gasteiger partial charge on any atom is 0.328 e. The molecule has 3 atom stereocenters. The number of nitrogens with zero attached hydrogens (tertiary/aromatic N) is 2. The lowest BCUT2D eigenvalue weighted by Crippen LogP contribution is -3.13. The lowest BCUT2D eigenvalue weighted by molar-refractivity contribution is -0.924. The zero-order valence-corrected chi connectivity index (χ0v) is 14.0. The lowest BCUT2D eigenvalue weighted by atomic mass is 10.2. The third-order valence-corrected chi connectivity index (χ3v) is 3.87. The summed E-state index contributed by atoms with van der Waals surface area (Å²) in [5.41, 5.74) is 1.31. The summed E-state index contributed by atoms with van der Waals surface area (Å²) in [5, 5.41) is 8.99. The predicted octanol–water partition coefficient (Wildman–Crippen LogP) is 0.244. The zero-order valence-electron chi connectivity index (χ0n) is 14.0. The SMILES string of the molecule is CCOC(=O)[C@@H](C#N)C=NC[C@@H]1C[NH+](Cc2ccccc2)CCO1. The number of carbonyl (C=O) groups is 1. The Hall–Kier alpha value is -2.23. The van der Waals surface area contributed by atoms with Gasteiger partial charge in [0.05, 0.1) is 25.8 Å². The van der Waals surface area contributed by atoms with Gasteiger partial charge in [0.1, 0.15) is 25.7 Å². The molecule has 1 unspecified atom stereocenters. The minimum atomic E-state index is -0.943. The Morgan fingerprint density at radius 2 is 2.33 bits per heavy atom. The van der Waals surface area contributed by atoms with E-state index in [2.05, 4.69) is 29.3 Å². The Kier molecular flexibility index (Phi) is 7.40. The van der Waals surface area contributed by atoms with Crippen LogP contribution in [0.2, 0.25) is 0 Å². The van der Waals surface area contributed by atoms with Gasteiger partial charge in [0, 0.05) is 11.8 Å². The smallest absolute Gasteiger partial charge is 0.328 e. The van der Waals surface area contributed by atoms with Gasteiger partial charge in [-0.2, -0.15) is 5.26 Å². The molecular formula is C18H24N3O3+. The van der Waals surface area contributed by atoms with Crippen LogP contribution in [0.3, 0.4) is 0 Å². The fraction of sp³-hybridized carbons (Fsp3) is 0.500. The fourth-order valence-electron chi connectivity index (χ4n) is 2.68. The number of quaternary nitrogens is 1. The highest BCUT2D eigenvalue weighted by Gasteiger charge is 2.24. The molecule has 6 heteroatoms. The van der Waals surface area contributed by atoms with E-state index in [9.17, 15) is 4.79 Å². The van der Waals surface area contributed by atoms with E-state index in [0.29, 0.717) is 13.2 Å². The molecule has 0 radical (unpaired) electrons. The number of aliphatic imine (C=N–C) groups is 1. The van der Waals surface area contributed by atoms with Gasteiger partial charge in [-0.05, 0) is 6.92 Å². The van der Waals surface area contributed by atoms with E-state index < -0.39 is 11.9 Å². The van der Waals surface area contributed by atoms with Crippen LogP contribution < -0.4 is 4.90 Å². The topological polar surface area (TPSA) is 76.1 Å². The van der Waals surface area contributed by atoms with Crippen LogP contribution in [0.4, 0.5) is 0 Å². The molecule has 24 heavy (non-hydrogen) atoms. The van der Waals surface area contributed by atoms with Gasteiger partial charge < -0.3 is 14.4 Å². The first-order valence-corrected chi connectivity index (χ1v) is 8.28. The number of hydrogen-bond acceptors (Lipinski definition) is 5. The van der Waals surface area contributed by atoms with Crippen LogP contribution in [-0.4, -0.2) is 51.1 Å². The molecule has 1 saturated heterocycles. The van der Waals surface area contributed by atoms with E-state index >= 15 is 0 Å². The number of nitriles is 1. The van der Waals surface area contributed by atoms with Crippen LogP contribution in [0, 0.1) is 17.2 Å². The average Bonchev–Trinajstić information content (AvgIpc) is 2.60. The van der Waals surface area contributed by atoms with Crippen LogP contribution in [-0.2, 0) is 20.8 Å². The van der Waals surface area contributed by atoms with Crippen LogP contribution in [0.1, 0.15) is 12.5 Å². The average molecular weight is 330 g/mol. The number of morpholine rings is 1. The Morgan fingerprint density at radius 1 is 1.54 bits per heavy atom. The van der Waals surface area contributed by atoms with Gasteiger partial charge >= 0.3 is 5.97 Å². The van der Waals surface area contributed by atoms with Crippen molar-refractivity contribution >= 4 is 12.2 Å².